The summed E-state index contributed by atoms with van der Waals surface area (Å²) in [7, 11) is 0. The Morgan fingerprint density at radius 3 is 2.57 bits per heavy atom. The van der Waals surface area contributed by atoms with Gasteiger partial charge in [0.15, 0.2) is 0 Å². The SMILES string of the molecule is FC(F)(F)C1(NCc2ccsc2)CC1. The Bertz CT molecular complexity index is 300. The van der Waals surface area contributed by atoms with E-state index in [2.05, 4.69) is 5.32 Å². The van der Waals surface area contributed by atoms with E-state index in [1.807, 2.05) is 16.8 Å². The summed E-state index contributed by atoms with van der Waals surface area (Å²) in [6.07, 6.45) is -3.69. The van der Waals surface area contributed by atoms with E-state index in [0.717, 1.165) is 5.56 Å². The number of alkyl halides is 3. The number of nitrogens with one attached hydrogen (secondary N) is 1. The lowest BCUT2D eigenvalue weighted by Gasteiger charge is -2.20. The molecule has 1 saturated carbocycles. The molecule has 1 aliphatic carbocycles. The highest BCUT2D eigenvalue weighted by atomic mass is 32.1. The standard InChI is InChI=1S/C9H10F3NS/c10-9(11,12)8(2-3-8)13-5-7-1-4-14-6-7/h1,4,6,13H,2-3,5H2. The molecule has 1 N–H and O–H groups in total. The molecule has 0 amide bonds. The predicted octanol–water partition coefficient (Wildman–Crippen LogP) is 2.93. The van der Waals surface area contributed by atoms with Gasteiger partial charge in [-0.25, -0.2) is 0 Å². The van der Waals surface area contributed by atoms with Crippen molar-refractivity contribution in [2.45, 2.75) is 31.1 Å². The van der Waals surface area contributed by atoms with Crippen LogP contribution in [0.2, 0.25) is 0 Å². The molecule has 0 aromatic carbocycles. The van der Waals surface area contributed by atoms with E-state index < -0.39 is 11.7 Å². The lowest BCUT2D eigenvalue weighted by molar-refractivity contribution is -0.166. The lowest BCUT2D eigenvalue weighted by atomic mass is 10.2. The fourth-order valence-electron chi connectivity index (χ4n) is 1.35. The van der Waals surface area contributed by atoms with E-state index in [4.69, 9.17) is 0 Å². The van der Waals surface area contributed by atoms with Gasteiger partial charge in [-0.1, -0.05) is 0 Å². The zero-order valence-electron chi connectivity index (χ0n) is 7.40. The summed E-state index contributed by atoms with van der Waals surface area (Å²) in [5, 5.41) is 6.32. The van der Waals surface area contributed by atoms with Crippen LogP contribution in [0.25, 0.3) is 0 Å². The maximum Gasteiger partial charge on any atom is 0.406 e. The van der Waals surface area contributed by atoms with E-state index in [9.17, 15) is 13.2 Å². The Morgan fingerprint density at radius 1 is 1.43 bits per heavy atom. The molecule has 2 rings (SSSR count). The third-order valence-corrected chi connectivity index (χ3v) is 3.24. The number of thiophene rings is 1. The van der Waals surface area contributed by atoms with Crippen molar-refractivity contribution in [1.82, 2.24) is 5.32 Å². The van der Waals surface area contributed by atoms with Gasteiger partial charge in [-0.2, -0.15) is 24.5 Å². The van der Waals surface area contributed by atoms with E-state index in [1.165, 1.54) is 11.3 Å². The predicted molar refractivity (Wildman–Crippen MR) is 49.2 cm³/mol. The second-order valence-electron chi connectivity index (χ2n) is 3.57. The molecule has 1 aromatic rings. The van der Waals surface area contributed by atoms with Crippen LogP contribution in [-0.2, 0) is 6.54 Å². The number of rotatable bonds is 3. The van der Waals surface area contributed by atoms with Gasteiger partial charge in [-0.3, -0.25) is 5.32 Å². The van der Waals surface area contributed by atoms with Gasteiger partial charge in [0.25, 0.3) is 0 Å². The van der Waals surface area contributed by atoms with Crippen molar-refractivity contribution < 1.29 is 13.2 Å². The highest BCUT2D eigenvalue weighted by Gasteiger charge is 2.62. The van der Waals surface area contributed by atoms with Gasteiger partial charge in [0.1, 0.15) is 5.54 Å². The molecule has 0 unspecified atom stereocenters. The van der Waals surface area contributed by atoms with Crippen LogP contribution in [0, 0.1) is 0 Å². The molecule has 0 aliphatic heterocycles. The van der Waals surface area contributed by atoms with Crippen molar-refractivity contribution in [2.75, 3.05) is 0 Å². The van der Waals surface area contributed by atoms with Gasteiger partial charge >= 0.3 is 6.18 Å². The molecule has 78 valence electrons. The van der Waals surface area contributed by atoms with Crippen molar-refractivity contribution in [3.63, 3.8) is 0 Å². The van der Waals surface area contributed by atoms with E-state index in [0.29, 0.717) is 6.54 Å². The number of hydrogen-bond donors (Lipinski definition) is 1. The minimum absolute atomic E-state index is 0.209. The van der Waals surface area contributed by atoms with E-state index in [-0.39, 0.29) is 12.8 Å². The molecule has 1 heterocycles. The molecule has 1 fully saturated rings. The topological polar surface area (TPSA) is 12.0 Å². The second-order valence-corrected chi connectivity index (χ2v) is 4.35. The Balaban J connectivity index is 1.93. The van der Waals surface area contributed by atoms with Crippen molar-refractivity contribution in [3.8, 4) is 0 Å². The van der Waals surface area contributed by atoms with E-state index in [1.54, 1.807) is 0 Å². The van der Waals surface area contributed by atoms with Crippen molar-refractivity contribution >= 4 is 11.3 Å². The molecular weight excluding hydrogens is 211 g/mol. The third-order valence-electron chi connectivity index (χ3n) is 2.50. The van der Waals surface area contributed by atoms with Crippen molar-refractivity contribution in [3.05, 3.63) is 22.4 Å². The first-order chi connectivity index (χ1) is 6.54. The lowest BCUT2D eigenvalue weighted by Crippen LogP contribution is -2.44. The van der Waals surface area contributed by atoms with Gasteiger partial charge in [0.2, 0.25) is 0 Å². The molecule has 1 aromatic heterocycles. The van der Waals surface area contributed by atoms with E-state index >= 15 is 0 Å². The summed E-state index contributed by atoms with van der Waals surface area (Å²) in [6.45, 7) is 0.309. The zero-order valence-corrected chi connectivity index (χ0v) is 8.21. The normalized spacial score (nSPS) is 19.6. The van der Waals surface area contributed by atoms with Crippen LogP contribution in [0.15, 0.2) is 16.8 Å². The molecule has 14 heavy (non-hydrogen) atoms. The van der Waals surface area contributed by atoms with Crippen LogP contribution in [0.5, 0.6) is 0 Å². The van der Waals surface area contributed by atoms with Gasteiger partial charge in [0, 0.05) is 6.54 Å². The fraction of sp³-hybridized carbons (Fsp3) is 0.556. The smallest absolute Gasteiger partial charge is 0.299 e. The quantitative estimate of drug-likeness (QED) is 0.827. The van der Waals surface area contributed by atoms with Crippen molar-refractivity contribution in [2.24, 2.45) is 0 Å². The van der Waals surface area contributed by atoms with Gasteiger partial charge < -0.3 is 0 Å². The molecule has 0 atom stereocenters. The summed E-state index contributed by atoms with van der Waals surface area (Å²) in [5.74, 6) is 0. The first-order valence-corrected chi connectivity index (χ1v) is 5.31. The third kappa shape index (κ3) is 1.79. The summed E-state index contributed by atoms with van der Waals surface area (Å²) >= 11 is 1.50. The molecular formula is C9H10F3NS. The molecule has 0 saturated heterocycles. The Labute approximate surface area is 83.9 Å². The van der Waals surface area contributed by atoms with Gasteiger partial charge in [-0.15, -0.1) is 0 Å². The van der Waals surface area contributed by atoms with Crippen LogP contribution in [-0.4, -0.2) is 11.7 Å². The molecule has 0 radical (unpaired) electrons. The molecule has 1 nitrogen and oxygen atoms in total. The van der Waals surface area contributed by atoms with Crippen LogP contribution < -0.4 is 5.32 Å². The summed E-state index contributed by atoms with van der Waals surface area (Å²) in [5.41, 5.74) is -0.667. The largest absolute Gasteiger partial charge is 0.406 e. The maximum atomic E-state index is 12.5. The molecule has 1 aliphatic rings. The summed E-state index contributed by atoms with van der Waals surface area (Å²) < 4.78 is 37.4. The van der Waals surface area contributed by atoms with Crippen LogP contribution >= 0.6 is 11.3 Å². The number of hydrogen-bond acceptors (Lipinski definition) is 2. The summed E-state index contributed by atoms with van der Waals surface area (Å²) in [6, 6.07) is 1.84. The van der Waals surface area contributed by atoms with Gasteiger partial charge in [0.05, 0.1) is 0 Å². The fourth-order valence-corrected chi connectivity index (χ4v) is 2.02. The zero-order chi connectivity index (χ0) is 10.2. The number of halogens is 3. The Morgan fingerprint density at radius 2 is 2.14 bits per heavy atom. The first kappa shape index (κ1) is 9.98. The highest BCUT2D eigenvalue weighted by Crippen LogP contribution is 2.49. The highest BCUT2D eigenvalue weighted by molar-refractivity contribution is 7.07. The second kappa shape index (κ2) is 3.24. The maximum absolute atomic E-state index is 12.5. The molecule has 5 heteroatoms. The minimum Gasteiger partial charge on any atom is -0.299 e. The Kier molecular flexibility index (Phi) is 2.31. The monoisotopic (exact) mass is 221 g/mol. The van der Waals surface area contributed by atoms with Gasteiger partial charge in [-0.05, 0) is 35.2 Å². The average Bonchev–Trinajstić information content (AvgIpc) is 2.72. The average molecular weight is 221 g/mol. The minimum atomic E-state index is -4.11. The first-order valence-electron chi connectivity index (χ1n) is 4.36. The van der Waals surface area contributed by atoms with Crippen LogP contribution in [0.1, 0.15) is 18.4 Å². The van der Waals surface area contributed by atoms with Crippen LogP contribution in [0.4, 0.5) is 13.2 Å². The van der Waals surface area contributed by atoms with Crippen molar-refractivity contribution in [1.29, 1.82) is 0 Å². The molecule has 0 bridgehead atoms. The summed E-state index contributed by atoms with van der Waals surface area (Å²) in [4.78, 5) is 0. The van der Waals surface area contributed by atoms with Crippen LogP contribution in [0.3, 0.4) is 0 Å². The Hall–Kier alpha value is -0.550. The molecule has 0 spiro atoms.